The molecule has 138 valence electrons. The molecule has 1 aromatic rings. The number of nitro groups is 1. The Morgan fingerprint density at radius 3 is 2.52 bits per heavy atom. The molecule has 0 saturated carbocycles. The van der Waals surface area contributed by atoms with Crippen LogP contribution in [0.5, 0.6) is 0 Å². The Bertz CT molecular complexity index is 700. The van der Waals surface area contributed by atoms with Gasteiger partial charge in [0.05, 0.1) is 5.54 Å². The van der Waals surface area contributed by atoms with Crippen LogP contribution < -0.4 is 5.32 Å². The number of carbonyl (C=O) groups excluding carboxylic acids is 2. The van der Waals surface area contributed by atoms with Crippen LogP contribution in [0.1, 0.15) is 45.2 Å². The predicted octanol–water partition coefficient (Wildman–Crippen LogP) is 1.55. The summed E-state index contributed by atoms with van der Waals surface area (Å²) in [4.78, 5) is 39.8. The zero-order valence-corrected chi connectivity index (χ0v) is 15.0. The number of hydrogen-bond donors (Lipinski definition) is 1. The maximum atomic E-state index is 12.4. The van der Waals surface area contributed by atoms with E-state index < -0.39 is 28.1 Å². The zero-order chi connectivity index (χ0) is 19.0. The van der Waals surface area contributed by atoms with E-state index in [4.69, 9.17) is 4.74 Å². The summed E-state index contributed by atoms with van der Waals surface area (Å²) in [5, 5.41) is 13.6. The van der Waals surface area contributed by atoms with Gasteiger partial charge in [0, 0.05) is 19.6 Å². The summed E-state index contributed by atoms with van der Waals surface area (Å²) in [6.07, 6.45) is 0.787. The molecule has 1 N–H and O–H groups in total. The highest BCUT2D eigenvalue weighted by Crippen LogP contribution is 2.24. The van der Waals surface area contributed by atoms with E-state index in [0.717, 1.165) is 0 Å². The van der Waals surface area contributed by atoms with E-state index >= 15 is 0 Å². The standard InChI is InChI=1S/C15H23N5O5/c1-6-18-7-10(20(23)24)16-11(18)12(21)17-15(5)8-19(9-15)13(22)25-14(2,3)4/h7H,6,8-9H2,1-5H3,(H,17,21). The third kappa shape index (κ3) is 4.25. The lowest BCUT2D eigenvalue weighted by Gasteiger charge is -2.47. The summed E-state index contributed by atoms with van der Waals surface area (Å²) in [7, 11) is 0. The molecule has 1 aliphatic heterocycles. The van der Waals surface area contributed by atoms with Crippen molar-refractivity contribution in [2.75, 3.05) is 13.1 Å². The van der Waals surface area contributed by atoms with Crippen molar-refractivity contribution >= 4 is 17.8 Å². The largest absolute Gasteiger partial charge is 0.444 e. The van der Waals surface area contributed by atoms with Gasteiger partial charge < -0.3 is 25.1 Å². The third-order valence-electron chi connectivity index (χ3n) is 3.64. The first-order valence-corrected chi connectivity index (χ1v) is 7.96. The quantitative estimate of drug-likeness (QED) is 0.648. The number of aromatic nitrogens is 2. The number of hydrogen-bond acceptors (Lipinski definition) is 6. The predicted molar refractivity (Wildman–Crippen MR) is 88.2 cm³/mol. The maximum Gasteiger partial charge on any atom is 0.410 e. The second-order valence-corrected chi connectivity index (χ2v) is 7.32. The highest BCUT2D eigenvalue weighted by molar-refractivity contribution is 5.92. The van der Waals surface area contributed by atoms with E-state index in [1.54, 1.807) is 34.6 Å². The van der Waals surface area contributed by atoms with E-state index in [1.807, 2.05) is 0 Å². The number of nitrogens with zero attached hydrogens (tertiary/aromatic N) is 4. The van der Waals surface area contributed by atoms with Gasteiger partial charge >= 0.3 is 23.6 Å². The van der Waals surface area contributed by atoms with Crippen molar-refractivity contribution < 1.29 is 19.2 Å². The summed E-state index contributed by atoms with van der Waals surface area (Å²) in [6, 6.07) is 0. The van der Waals surface area contributed by atoms with E-state index in [-0.39, 0.29) is 11.6 Å². The van der Waals surface area contributed by atoms with Gasteiger partial charge in [0.25, 0.3) is 0 Å². The molecular formula is C15H23N5O5. The number of ether oxygens (including phenoxy) is 1. The maximum absolute atomic E-state index is 12.4. The number of likely N-dealkylation sites (tertiary alicyclic amines) is 1. The average molecular weight is 353 g/mol. The van der Waals surface area contributed by atoms with Gasteiger partial charge in [-0.15, -0.1) is 0 Å². The van der Waals surface area contributed by atoms with Crippen molar-refractivity contribution in [1.29, 1.82) is 0 Å². The Morgan fingerprint density at radius 2 is 2.04 bits per heavy atom. The SMILES string of the molecule is CCn1cc([N+](=O)[O-])nc1C(=O)NC1(C)CN(C(=O)OC(C)(C)C)C1. The topological polar surface area (TPSA) is 120 Å². The second-order valence-electron chi connectivity index (χ2n) is 7.32. The van der Waals surface area contributed by atoms with Crippen molar-refractivity contribution in [2.24, 2.45) is 0 Å². The lowest BCUT2D eigenvalue weighted by Crippen LogP contribution is -2.70. The van der Waals surface area contributed by atoms with E-state index in [0.29, 0.717) is 19.6 Å². The van der Waals surface area contributed by atoms with Crippen LogP contribution in [0.25, 0.3) is 0 Å². The van der Waals surface area contributed by atoms with E-state index in [9.17, 15) is 19.7 Å². The van der Waals surface area contributed by atoms with E-state index in [2.05, 4.69) is 10.3 Å². The Balaban J connectivity index is 2.00. The Kier molecular flexibility index (Phi) is 4.74. The zero-order valence-electron chi connectivity index (χ0n) is 15.0. The number of nitrogens with one attached hydrogen (secondary N) is 1. The number of carbonyl (C=O) groups is 2. The second kappa shape index (κ2) is 6.34. The number of imidazole rings is 1. The molecule has 10 heteroatoms. The molecule has 0 spiro atoms. The summed E-state index contributed by atoms with van der Waals surface area (Å²) >= 11 is 0. The molecular weight excluding hydrogens is 330 g/mol. The van der Waals surface area contributed by atoms with Gasteiger partial charge in [-0.2, -0.15) is 0 Å². The van der Waals surface area contributed by atoms with Crippen LogP contribution in [0.3, 0.4) is 0 Å². The summed E-state index contributed by atoms with van der Waals surface area (Å²) in [6.45, 7) is 9.86. The fourth-order valence-corrected chi connectivity index (χ4v) is 2.57. The minimum Gasteiger partial charge on any atom is -0.444 e. The number of rotatable bonds is 4. The minimum absolute atomic E-state index is 0.0221. The molecule has 1 fully saturated rings. The lowest BCUT2D eigenvalue weighted by molar-refractivity contribution is -0.389. The van der Waals surface area contributed by atoms with Gasteiger partial charge in [-0.25, -0.2) is 4.79 Å². The molecule has 0 unspecified atom stereocenters. The number of amides is 2. The van der Waals surface area contributed by atoms with Gasteiger partial charge in [-0.3, -0.25) is 9.36 Å². The fourth-order valence-electron chi connectivity index (χ4n) is 2.57. The molecule has 2 amide bonds. The van der Waals surface area contributed by atoms with Gasteiger partial charge in [0.1, 0.15) is 11.8 Å². The van der Waals surface area contributed by atoms with Crippen LogP contribution in [0, 0.1) is 10.1 Å². The summed E-state index contributed by atoms with van der Waals surface area (Å²) < 4.78 is 6.69. The van der Waals surface area contributed by atoms with Crippen molar-refractivity contribution in [1.82, 2.24) is 19.8 Å². The lowest BCUT2D eigenvalue weighted by atomic mass is 9.92. The molecule has 1 aliphatic rings. The fraction of sp³-hybridized carbons (Fsp3) is 0.667. The molecule has 0 radical (unpaired) electrons. The molecule has 1 aromatic heterocycles. The van der Waals surface area contributed by atoms with Crippen molar-refractivity contribution in [3.05, 3.63) is 22.1 Å². The number of aryl methyl sites for hydroxylation is 1. The van der Waals surface area contributed by atoms with Crippen molar-refractivity contribution in [3.63, 3.8) is 0 Å². The van der Waals surface area contributed by atoms with Gasteiger partial charge in [-0.1, -0.05) is 0 Å². The van der Waals surface area contributed by atoms with Crippen LogP contribution in [-0.2, 0) is 11.3 Å². The first-order valence-electron chi connectivity index (χ1n) is 7.96. The van der Waals surface area contributed by atoms with Crippen molar-refractivity contribution in [3.8, 4) is 0 Å². The van der Waals surface area contributed by atoms with Crippen LogP contribution in [-0.4, -0.2) is 55.6 Å². The molecule has 2 rings (SSSR count). The highest BCUT2D eigenvalue weighted by Gasteiger charge is 2.45. The van der Waals surface area contributed by atoms with Crippen LogP contribution in [0.2, 0.25) is 0 Å². The monoisotopic (exact) mass is 353 g/mol. The Labute approximate surface area is 145 Å². The smallest absolute Gasteiger partial charge is 0.410 e. The van der Waals surface area contributed by atoms with Gasteiger partial charge in [0.2, 0.25) is 0 Å². The molecule has 0 bridgehead atoms. The molecule has 0 aliphatic carbocycles. The Morgan fingerprint density at radius 1 is 1.44 bits per heavy atom. The third-order valence-corrected chi connectivity index (χ3v) is 3.64. The minimum atomic E-state index is -0.641. The molecule has 10 nitrogen and oxygen atoms in total. The van der Waals surface area contributed by atoms with Crippen LogP contribution >= 0.6 is 0 Å². The van der Waals surface area contributed by atoms with Gasteiger partial charge in [-0.05, 0) is 44.5 Å². The molecule has 1 saturated heterocycles. The summed E-state index contributed by atoms with van der Waals surface area (Å²) in [5.41, 5.74) is -1.22. The van der Waals surface area contributed by atoms with Crippen molar-refractivity contribution in [2.45, 2.75) is 52.3 Å². The average Bonchev–Trinajstić information content (AvgIpc) is 2.87. The first-order chi connectivity index (χ1) is 11.4. The van der Waals surface area contributed by atoms with Crippen LogP contribution in [0.4, 0.5) is 10.6 Å². The summed E-state index contributed by atoms with van der Waals surface area (Å²) in [5.74, 6) is -0.909. The molecule has 25 heavy (non-hydrogen) atoms. The molecule has 0 aromatic carbocycles. The first kappa shape index (κ1) is 18.7. The molecule has 0 atom stereocenters. The van der Waals surface area contributed by atoms with E-state index in [1.165, 1.54) is 15.7 Å². The Hall–Kier alpha value is -2.65. The molecule has 2 heterocycles. The van der Waals surface area contributed by atoms with Crippen LogP contribution in [0.15, 0.2) is 6.20 Å². The normalized spacial score (nSPS) is 16.1. The highest BCUT2D eigenvalue weighted by atomic mass is 16.6. The van der Waals surface area contributed by atoms with Gasteiger partial charge in [0.15, 0.2) is 0 Å².